The van der Waals surface area contributed by atoms with Crippen molar-refractivity contribution in [2.24, 2.45) is 0 Å². The fourth-order valence-electron chi connectivity index (χ4n) is 1.97. The Hall–Kier alpha value is -0.803. The summed E-state index contributed by atoms with van der Waals surface area (Å²) in [4.78, 5) is 0. The van der Waals surface area contributed by atoms with Crippen LogP contribution in [0.15, 0.2) is 60.7 Å². The van der Waals surface area contributed by atoms with Gasteiger partial charge in [-0.1, -0.05) is 54.6 Å². The third-order valence-corrected chi connectivity index (χ3v) is 3.96. The van der Waals surface area contributed by atoms with Crippen LogP contribution in [0, 0.1) is 0 Å². The smallest absolute Gasteiger partial charge is 0.323 e. The molecule has 1 aliphatic carbocycles. The maximum Gasteiger partial charge on any atom is 0.323 e. The van der Waals surface area contributed by atoms with Crippen LogP contribution in [0.1, 0.15) is 16.7 Å². The SMILES string of the molecule is C1=CC([Si]Oc2ccccc2)c2ccccc21.[Na]. The molecular formula is C15H12NaOSi. The largest absolute Gasteiger partial charge is 0.540 e. The zero-order valence-electron chi connectivity index (χ0n) is 10.3. The zero-order valence-corrected chi connectivity index (χ0v) is 13.3. The van der Waals surface area contributed by atoms with E-state index in [1.54, 1.807) is 0 Å². The minimum absolute atomic E-state index is 0. The van der Waals surface area contributed by atoms with Gasteiger partial charge in [0.25, 0.3) is 0 Å². The average molecular weight is 259 g/mol. The van der Waals surface area contributed by atoms with Crippen molar-refractivity contribution in [3.63, 3.8) is 0 Å². The molecule has 0 spiro atoms. The maximum absolute atomic E-state index is 5.82. The van der Waals surface area contributed by atoms with Gasteiger partial charge in [-0.15, -0.1) is 0 Å². The van der Waals surface area contributed by atoms with Crippen LogP contribution in [-0.4, -0.2) is 39.3 Å². The van der Waals surface area contributed by atoms with Gasteiger partial charge in [0.15, 0.2) is 0 Å². The van der Waals surface area contributed by atoms with Crippen molar-refractivity contribution in [2.75, 3.05) is 0 Å². The molecule has 0 bridgehead atoms. The first-order valence-electron chi connectivity index (χ1n) is 5.68. The molecule has 2 aromatic rings. The number of rotatable bonds is 3. The summed E-state index contributed by atoms with van der Waals surface area (Å²) in [5.74, 6) is 0.948. The Balaban J connectivity index is 0.00000120. The second-order valence-corrected chi connectivity index (χ2v) is 5.06. The Kier molecular flexibility index (Phi) is 4.84. The number of hydrogen-bond acceptors (Lipinski definition) is 1. The molecule has 1 nitrogen and oxygen atoms in total. The van der Waals surface area contributed by atoms with Gasteiger partial charge in [0.2, 0.25) is 0 Å². The van der Waals surface area contributed by atoms with Crippen LogP contribution in [-0.2, 0) is 0 Å². The van der Waals surface area contributed by atoms with Crippen LogP contribution >= 0.6 is 0 Å². The Bertz CT molecular complexity index is 539. The van der Waals surface area contributed by atoms with Crippen molar-refractivity contribution < 1.29 is 4.43 Å². The zero-order chi connectivity index (χ0) is 11.5. The molecule has 3 rings (SSSR count). The molecule has 0 aromatic heterocycles. The second-order valence-electron chi connectivity index (χ2n) is 4.00. The van der Waals surface area contributed by atoms with Crippen molar-refractivity contribution >= 4 is 45.4 Å². The predicted octanol–water partition coefficient (Wildman–Crippen LogP) is 3.07. The molecule has 0 N–H and O–H groups in total. The number of benzene rings is 2. The normalized spacial score (nSPS) is 15.9. The third-order valence-electron chi connectivity index (χ3n) is 2.85. The van der Waals surface area contributed by atoms with Gasteiger partial charge in [-0.25, -0.2) is 0 Å². The van der Waals surface area contributed by atoms with Gasteiger partial charge in [-0.05, 0) is 23.3 Å². The van der Waals surface area contributed by atoms with E-state index in [4.69, 9.17) is 4.43 Å². The Morgan fingerprint density at radius 2 is 1.61 bits per heavy atom. The van der Waals surface area contributed by atoms with Gasteiger partial charge < -0.3 is 4.43 Å². The van der Waals surface area contributed by atoms with Crippen LogP contribution in [0.4, 0.5) is 0 Å². The molecule has 3 heteroatoms. The predicted molar refractivity (Wildman–Crippen MR) is 76.8 cm³/mol. The molecule has 1 atom stereocenters. The quantitative estimate of drug-likeness (QED) is 0.770. The fourth-order valence-corrected chi connectivity index (χ4v) is 2.94. The third kappa shape index (κ3) is 2.95. The first kappa shape index (κ1) is 13.6. The van der Waals surface area contributed by atoms with Crippen LogP contribution < -0.4 is 4.43 Å². The van der Waals surface area contributed by atoms with Gasteiger partial charge in [-0.2, -0.15) is 0 Å². The van der Waals surface area contributed by atoms with Crippen LogP contribution in [0.3, 0.4) is 0 Å². The molecule has 0 heterocycles. The number of allylic oxidation sites excluding steroid dienone is 1. The fraction of sp³-hybridized carbons (Fsp3) is 0.0667. The summed E-state index contributed by atoms with van der Waals surface area (Å²) in [6, 6.07) is 18.5. The summed E-state index contributed by atoms with van der Waals surface area (Å²) < 4.78 is 5.82. The molecule has 3 radical (unpaired) electrons. The molecule has 0 aliphatic heterocycles. The number of para-hydroxylation sites is 1. The molecule has 0 amide bonds. The summed E-state index contributed by atoms with van der Waals surface area (Å²) in [7, 11) is 0.444. The molecule has 0 saturated heterocycles. The minimum atomic E-state index is 0. The van der Waals surface area contributed by atoms with E-state index in [1.807, 2.05) is 30.3 Å². The van der Waals surface area contributed by atoms with Crippen molar-refractivity contribution in [3.05, 3.63) is 71.8 Å². The second kappa shape index (κ2) is 6.39. The van der Waals surface area contributed by atoms with Gasteiger partial charge in [0.05, 0.1) is 0 Å². The van der Waals surface area contributed by atoms with E-state index in [0.717, 1.165) is 5.75 Å². The topological polar surface area (TPSA) is 9.23 Å². The molecular weight excluding hydrogens is 247 g/mol. The van der Waals surface area contributed by atoms with E-state index in [0.29, 0.717) is 15.3 Å². The Labute approximate surface area is 132 Å². The average Bonchev–Trinajstić information content (AvgIpc) is 2.81. The van der Waals surface area contributed by atoms with E-state index in [1.165, 1.54) is 11.1 Å². The Morgan fingerprint density at radius 3 is 2.44 bits per heavy atom. The molecule has 18 heavy (non-hydrogen) atoms. The van der Waals surface area contributed by atoms with Crippen LogP contribution in [0.5, 0.6) is 5.75 Å². The maximum atomic E-state index is 5.82. The van der Waals surface area contributed by atoms with Crippen molar-refractivity contribution in [1.29, 1.82) is 0 Å². The van der Waals surface area contributed by atoms with Crippen molar-refractivity contribution in [3.8, 4) is 5.75 Å². The van der Waals surface area contributed by atoms with Crippen molar-refractivity contribution in [1.82, 2.24) is 0 Å². The summed E-state index contributed by atoms with van der Waals surface area (Å²) in [6.45, 7) is 0. The number of fused-ring (bicyclic) bond motifs is 1. The standard InChI is InChI=1S/C15H12OSi.Na/c1-2-7-13(8-3-1)16-17-15-11-10-12-6-4-5-9-14(12)15;/h1-11,15H;. The van der Waals surface area contributed by atoms with E-state index in [2.05, 4.69) is 36.4 Å². The van der Waals surface area contributed by atoms with E-state index >= 15 is 0 Å². The monoisotopic (exact) mass is 259 g/mol. The molecule has 2 aromatic carbocycles. The van der Waals surface area contributed by atoms with Crippen molar-refractivity contribution in [2.45, 2.75) is 5.54 Å². The van der Waals surface area contributed by atoms with E-state index < -0.39 is 0 Å². The minimum Gasteiger partial charge on any atom is -0.540 e. The summed E-state index contributed by atoms with van der Waals surface area (Å²) in [6.07, 6.45) is 4.41. The van der Waals surface area contributed by atoms with E-state index in [9.17, 15) is 0 Å². The van der Waals surface area contributed by atoms with E-state index in [-0.39, 0.29) is 29.6 Å². The molecule has 0 fully saturated rings. The van der Waals surface area contributed by atoms with Gasteiger partial charge in [-0.3, -0.25) is 0 Å². The first-order chi connectivity index (χ1) is 8.43. The van der Waals surface area contributed by atoms with Gasteiger partial charge in [0.1, 0.15) is 5.75 Å². The number of hydrogen-bond donors (Lipinski definition) is 0. The van der Waals surface area contributed by atoms with Crippen LogP contribution in [0.2, 0.25) is 0 Å². The van der Waals surface area contributed by atoms with Gasteiger partial charge in [0, 0.05) is 35.1 Å². The Morgan fingerprint density at radius 1 is 0.889 bits per heavy atom. The molecule has 1 unspecified atom stereocenters. The molecule has 83 valence electrons. The van der Waals surface area contributed by atoms with Gasteiger partial charge >= 0.3 is 9.76 Å². The van der Waals surface area contributed by atoms with Crippen LogP contribution in [0.25, 0.3) is 6.08 Å². The summed E-state index contributed by atoms with van der Waals surface area (Å²) >= 11 is 0. The first-order valence-corrected chi connectivity index (χ1v) is 6.66. The summed E-state index contributed by atoms with van der Waals surface area (Å²) in [5, 5.41) is 0. The molecule has 1 aliphatic rings. The molecule has 0 saturated carbocycles. The summed E-state index contributed by atoms with van der Waals surface area (Å²) in [5.41, 5.74) is 3.11.